The van der Waals surface area contributed by atoms with Gasteiger partial charge in [-0.05, 0) is 13.3 Å². The van der Waals surface area contributed by atoms with Crippen molar-refractivity contribution in [1.82, 2.24) is 0 Å². The molecule has 228 valence electrons. The van der Waals surface area contributed by atoms with E-state index in [1.165, 1.54) is 25.8 Å². The van der Waals surface area contributed by atoms with Crippen molar-refractivity contribution in [2.24, 2.45) is 5.92 Å². The second-order valence-corrected chi connectivity index (χ2v) is 10.9. The molecule has 9 N–H and O–H groups in total. The summed E-state index contributed by atoms with van der Waals surface area (Å²) in [6.07, 6.45) is -17.8. The zero-order valence-corrected chi connectivity index (χ0v) is 22.7. The van der Waals surface area contributed by atoms with Crippen LogP contribution in [-0.4, -0.2) is 158 Å². The van der Waals surface area contributed by atoms with E-state index in [1.54, 1.807) is 0 Å². The number of methoxy groups -OCH3 is 1. The Labute approximate surface area is 230 Å². The molecule has 16 heteroatoms. The van der Waals surface area contributed by atoms with Crippen LogP contribution in [0.1, 0.15) is 20.3 Å². The first kappa shape index (κ1) is 32.8. The molecule has 6 unspecified atom stereocenters. The molecule has 3 fully saturated rings. The fraction of sp³-hybridized carbons (Fsp3) is 0.957. The minimum absolute atomic E-state index is 0.0240. The maximum atomic E-state index is 10.6. The quantitative estimate of drug-likeness (QED) is 0.0889. The first-order valence-corrected chi connectivity index (χ1v) is 13.8. The summed E-state index contributed by atoms with van der Waals surface area (Å²) in [4.78, 5) is 0. The molecule has 0 aromatic carbocycles. The predicted octanol–water partition coefficient (Wildman–Crippen LogP) is -3.52. The zero-order chi connectivity index (χ0) is 29.0. The van der Waals surface area contributed by atoms with Gasteiger partial charge in [0.1, 0.15) is 60.4 Å². The number of nitrogens with one attached hydrogen (secondary N) is 1. The van der Waals surface area contributed by atoms with Gasteiger partial charge in [0.15, 0.2) is 18.5 Å². The highest BCUT2D eigenvalue weighted by atomic mass is 32.2. The van der Waals surface area contributed by atoms with Crippen molar-refractivity contribution in [2.45, 2.75) is 105 Å². The Morgan fingerprint density at radius 3 is 1.90 bits per heavy atom. The van der Waals surface area contributed by atoms with E-state index in [0.29, 0.717) is 6.42 Å². The maximum absolute atomic E-state index is 10.6. The third kappa shape index (κ3) is 7.21. The fourth-order valence-corrected chi connectivity index (χ4v) is 6.12. The number of thioether (sulfide) groups is 1. The van der Waals surface area contributed by atoms with E-state index in [2.05, 4.69) is 0 Å². The van der Waals surface area contributed by atoms with Gasteiger partial charge < -0.3 is 69.3 Å². The average Bonchev–Trinajstić information content (AvgIpc) is 2.93. The van der Waals surface area contributed by atoms with Crippen molar-refractivity contribution in [3.05, 3.63) is 0 Å². The number of hydrogen-bond acceptors (Lipinski definition) is 16. The van der Waals surface area contributed by atoms with Crippen LogP contribution in [0.15, 0.2) is 0 Å². The van der Waals surface area contributed by atoms with Gasteiger partial charge in [0, 0.05) is 5.92 Å². The van der Waals surface area contributed by atoms with Crippen LogP contribution in [-0.2, 0) is 28.4 Å². The van der Waals surface area contributed by atoms with E-state index in [4.69, 9.17) is 33.8 Å². The number of aliphatic hydroxyl groups is 8. The molecule has 15 nitrogen and oxygen atoms in total. The van der Waals surface area contributed by atoms with E-state index in [-0.39, 0.29) is 11.7 Å². The van der Waals surface area contributed by atoms with Gasteiger partial charge in [0.05, 0.1) is 38.3 Å². The lowest BCUT2D eigenvalue weighted by Crippen LogP contribution is -2.65. The molecule has 3 aliphatic heterocycles. The molecule has 0 amide bonds. The average molecular weight is 588 g/mol. The maximum Gasteiger partial charge on any atom is 0.190 e. The van der Waals surface area contributed by atoms with Gasteiger partial charge in [-0.1, -0.05) is 6.92 Å². The molecule has 0 spiro atoms. The zero-order valence-electron chi connectivity index (χ0n) is 21.9. The molecular weight excluding hydrogens is 546 g/mol. The minimum atomic E-state index is -1.72. The van der Waals surface area contributed by atoms with Crippen molar-refractivity contribution in [3.63, 3.8) is 0 Å². The summed E-state index contributed by atoms with van der Waals surface area (Å²) in [5.41, 5.74) is -0.680. The van der Waals surface area contributed by atoms with E-state index < -0.39 is 104 Å². The van der Waals surface area contributed by atoms with Crippen LogP contribution in [0.4, 0.5) is 0 Å². The Bertz CT molecular complexity index is 781. The SMILES string of the molecule is CCC1C(O[C@@H]2O[C@@H](CO)[C@H](O)C(O)C2O)[C@H](O[C@@H]2OC(C)[C@@H](O)C(O)[C@@H]2O)[C@H](CO)O[C@H]1SCC(=N)OC. The molecule has 3 aliphatic rings. The lowest BCUT2D eigenvalue weighted by molar-refractivity contribution is -0.362. The highest BCUT2D eigenvalue weighted by Crippen LogP contribution is 2.40. The number of hydrogen-bond donors (Lipinski definition) is 9. The van der Waals surface area contributed by atoms with Gasteiger partial charge in [-0.2, -0.15) is 0 Å². The fourth-order valence-electron chi connectivity index (χ4n) is 4.87. The summed E-state index contributed by atoms with van der Waals surface area (Å²) in [6.45, 7) is 2.04. The molecule has 3 rings (SSSR count). The van der Waals surface area contributed by atoms with Gasteiger partial charge in [-0.15, -0.1) is 11.8 Å². The van der Waals surface area contributed by atoms with Crippen molar-refractivity contribution in [3.8, 4) is 0 Å². The molecule has 3 heterocycles. The summed E-state index contributed by atoms with van der Waals surface area (Å²) in [5, 5.41) is 89.5. The van der Waals surface area contributed by atoms with Crippen LogP contribution in [0, 0.1) is 11.3 Å². The molecule has 0 bridgehead atoms. The number of rotatable bonds is 10. The smallest absolute Gasteiger partial charge is 0.190 e. The van der Waals surface area contributed by atoms with Crippen molar-refractivity contribution in [1.29, 1.82) is 5.41 Å². The summed E-state index contributed by atoms with van der Waals surface area (Å²) in [5.74, 6) is -0.447. The Morgan fingerprint density at radius 1 is 0.769 bits per heavy atom. The highest BCUT2D eigenvalue weighted by Gasteiger charge is 2.53. The van der Waals surface area contributed by atoms with E-state index in [0.717, 1.165) is 0 Å². The molecule has 0 saturated carbocycles. The van der Waals surface area contributed by atoms with E-state index >= 15 is 0 Å². The molecule has 0 aromatic rings. The van der Waals surface area contributed by atoms with Crippen LogP contribution in [0.25, 0.3) is 0 Å². The van der Waals surface area contributed by atoms with Crippen LogP contribution in [0.5, 0.6) is 0 Å². The standard InChI is InChI=1S/C23H41NO14S/c1-4-9-19(37-22-18(32)16(30)14(28)10(5-25)35-22)20(11(6-26)36-23(9)39-7-12(24)33-3)38-21-17(31)15(29)13(27)8(2)34-21/h8-11,13-32H,4-7H2,1-3H3/t8?,9?,10-,11-,13+,14-,15?,16?,17-,18?,19?,20+,21-,22-,23-/m0/s1. The van der Waals surface area contributed by atoms with Crippen molar-refractivity contribution < 1.29 is 69.3 Å². The Morgan fingerprint density at radius 2 is 1.33 bits per heavy atom. The third-order valence-electron chi connectivity index (χ3n) is 7.29. The van der Waals surface area contributed by atoms with Crippen molar-refractivity contribution >= 4 is 17.7 Å². The van der Waals surface area contributed by atoms with Gasteiger partial charge >= 0.3 is 0 Å². The molecular formula is C23H41NO14S. The van der Waals surface area contributed by atoms with Gasteiger partial charge in [0.2, 0.25) is 0 Å². The molecule has 0 aliphatic carbocycles. The summed E-state index contributed by atoms with van der Waals surface area (Å²) >= 11 is 1.20. The lowest BCUT2D eigenvalue weighted by atomic mass is 9.89. The van der Waals surface area contributed by atoms with Gasteiger partial charge in [-0.25, -0.2) is 0 Å². The molecule has 15 atom stereocenters. The highest BCUT2D eigenvalue weighted by molar-refractivity contribution is 8.00. The van der Waals surface area contributed by atoms with Gasteiger partial charge in [-0.3, -0.25) is 5.41 Å². The predicted molar refractivity (Wildman–Crippen MR) is 133 cm³/mol. The largest absolute Gasteiger partial charge is 0.484 e. The van der Waals surface area contributed by atoms with Crippen LogP contribution in [0.2, 0.25) is 0 Å². The van der Waals surface area contributed by atoms with Crippen LogP contribution < -0.4 is 0 Å². The second kappa shape index (κ2) is 14.5. The second-order valence-electron chi connectivity index (χ2n) is 9.82. The number of aliphatic hydroxyl groups excluding tert-OH is 8. The Hall–Kier alpha value is -0.700. The van der Waals surface area contributed by atoms with Gasteiger partial charge in [0.25, 0.3) is 0 Å². The third-order valence-corrected chi connectivity index (χ3v) is 8.50. The summed E-state index contributed by atoms with van der Waals surface area (Å²) < 4.78 is 34.3. The molecule has 3 saturated heterocycles. The van der Waals surface area contributed by atoms with E-state index in [1.807, 2.05) is 6.92 Å². The van der Waals surface area contributed by atoms with Crippen LogP contribution >= 0.6 is 11.8 Å². The Kier molecular flexibility index (Phi) is 12.2. The Balaban J connectivity index is 1.93. The van der Waals surface area contributed by atoms with E-state index in [9.17, 15) is 40.9 Å². The summed E-state index contributed by atoms with van der Waals surface area (Å²) in [6, 6.07) is 0. The minimum Gasteiger partial charge on any atom is -0.484 e. The number of ether oxygens (including phenoxy) is 6. The normalized spacial score (nSPS) is 47.1. The first-order valence-electron chi connectivity index (χ1n) is 12.8. The lowest BCUT2D eigenvalue weighted by Gasteiger charge is -2.50. The summed E-state index contributed by atoms with van der Waals surface area (Å²) in [7, 11) is 1.36. The molecule has 39 heavy (non-hydrogen) atoms. The first-order chi connectivity index (χ1) is 18.5. The van der Waals surface area contributed by atoms with Crippen molar-refractivity contribution in [2.75, 3.05) is 26.1 Å². The monoisotopic (exact) mass is 587 g/mol. The molecule has 0 radical (unpaired) electrons. The topological polar surface area (TPSA) is 241 Å². The molecule has 0 aromatic heterocycles. The van der Waals surface area contributed by atoms with Crippen LogP contribution in [0.3, 0.4) is 0 Å².